The van der Waals surface area contributed by atoms with Crippen LogP contribution in [-0.2, 0) is 13.7 Å². The molecule has 0 saturated carbocycles. The van der Waals surface area contributed by atoms with Gasteiger partial charge in [-0.15, -0.1) is 0 Å². The zero-order chi connectivity index (χ0) is 24.0. The summed E-state index contributed by atoms with van der Waals surface area (Å²) < 4.78 is 139. The number of halogens is 9. The Hall–Kier alpha value is -2.90. The van der Waals surface area contributed by atoms with Crippen molar-refractivity contribution in [2.75, 3.05) is 0 Å². The maximum absolute atomic E-state index is 14.3. The molecule has 0 spiro atoms. The third kappa shape index (κ3) is 4.48. The van der Waals surface area contributed by atoms with E-state index in [1.807, 2.05) is 0 Å². The fourth-order valence-corrected chi connectivity index (χ4v) is 3.03. The molecule has 3 aromatic rings. The molecule has 1 fully saturated rings. The van der Waals surface area contributed by atoms with E-state index < -0.39 is 90.1 Å². The Bertz CT molecular complexity index is 1090. The highest BCUT2D eigenvalue weighted by Gasteiger charge is 2.47. The van der Waals surface area contributed by atoms with Gasteiger partial charge in [0, 0.05) is 34.6 Å². The summed E-state index contributed by atoms with van der Waals surface area (Å²) in [6.07, 6.45) is 0. The molecule has 0 bridgehead atoms. The van der Waals surface area contributed by atoms with E-state index in [4.69, 9.17) is 13.7 Å². The molecule has 168 valence electrons. The summed E-state index contributed by atoms with van der Waals surface area (Å²) in [5.41, 5.74) is -2.42. The third-order valence-corrected chi connectivity index (χ3v) is 4.62. The Labute approximate surface area is 180 Å². The molecule has 3 nitrogen and oxygen atoms in total. The molecular weight excluding hydrogens is 468 g/mol. The number of hydrogen-bond donors (Lipinski definition) is 0. The van der Waals surface area contributed by atoms with Crippen LogP contribution in [0.4, 0.5) is 39.5 Å². The summed E-state index contributed by atoms with van der Waals surface area (Å²) >= 11 is 0. The van der Waals surface area contributed by atoms with E-state index in [1.165, 1.54) is 0 Å². The number of rotatable bonds is 3. The van der Waals surface area contributed by atoms with Crippen molar-refractivity contribution < 1.29 is 53.2 Å². The topological polar surface area (TPSA) is 27.7 Å². The summed E-state index contributed by atoms with van der Waals surface area (Å²) in [5.74, 6) is -13.6. The molecule has 0 unspecified atom stereocenters. The van der Waals surface area contributed by atoms with Crippen molar-refractivity contribution in [2.45, 2.75) is 0 Å². The first-order chi connectivity index (χ1) is 15.5. The smallest absolute Gasteiger partial charge is 0.444 e. The zero-order valence-electron chi connectivity index (χ0n) is 15.8. The Kier molecular flexibility index (Phi) is 6.21. The minimum Gasteiger partial charge on any atom is -0.444 e. The lowest BCUT2D eigenvalue weighted by molar-refractivity contribution is 0.305. The van der Waals surface area contributed by atoms with E-state index in [0.29, 0.717) is 18.2 Å². The molecule has 1 heterocycles. The highest BCUT2D eigenvalue weighted by molar-refractivity contribution is 6.87. The van der Waals surface area contributed by atoms with Crippen molar-refractivity contribution in [2.24, 2.45) is 0 Å². The van der Waals surface area contributed by atoms with Gasteiger partial charge < -0.3 is 13.7 Å². The van der Waals surface area contributed by atoms with Crippen molar-refractivity contribution in [3.63, 3.8) is 0 Å². The Morgan fingerprint density at radius 3 is 0.788 bits per heavy atom. The van der Waals surface area contributed by atoms with Crippen LogP contribution in [0.1, 0.15) is 0 Å². The van der Waals surface area contributed by atoms with Gasteiger partial charge in [-0.1, -0.05) is 0 Å². The molecule has 1 aliphatic rings. The second-order valence-corrected chi connectivity index (χ2v) is 6.77. The first kappa shape index (κ1) is 23.3. The van der Waals surface area contributed by atoms with Crippen LogP contribution in [0.2, 0.25) is 0 Å². The number of hydrogen-bond acceptors (Lipinski definition) is 3. The van der Waals surface area contributed by atoms with Crippen LogP contribution in [0.5, 0.6) is 0 Å². The molecule has 33 heavy (non-hydrogen) atoms. The zero-order valence-corrected chi connectivity index (χ0v) is 15.8. The average Bonchev–Trinajstić information content (AvgIpc) is 2.75. The molecule has 0 radical (unpaired) electrons. The monoisotopic (exact) mass is 474 g/mol. The van der Waals surface area contributed by atoms with Gasteiger partial charge in [0.15, 0.2) is 34.9 Å². The van der Waals surface area contributed by atoms with E-state index >= 15 is 0 Å². The summed E-state index contributed by atoms with van der Waals surface area (Å²) in [7, 11) is -6.20. The molecule has 0 N–H and O–H groups in total. The summed E-state index contributed by atoms with van der Waals surface area (Å²) in [5, 5.41) is 0. The second kappa shape index (κ2) is 8.80. The SMILES string of the molecule is Fc1cc(F)c(B2OB(c3cc(F)c(F)cc3F)OB(c3cc(F)c(F)cc3F)O2)cc1F. The van der Waals surface area contributed by atoms with Gasteiger partial charge in [0.1, 0.15) is 17.5 Å². The summed E-state index contributed by atoms with van der Waals surface area (Å²) in [4.78, 5) is 0. The lowest BCUT2D eigenvalue weighted by Gasteiger charge is -2.31. The molecule has 0 amide bonds. The highest BCUT2D eigenvalue weighted by atomic mass is 19.2. The Morgan fingerprint density at radius 1 is 0.333 bits per heavy atom. The van der Waals surface area contributed by atoms with Crippen LogP contribution in [0.25, 0.3) is 0 Å². The first-order valence-electron chi connectivity index (χ1n) is 8.95. The molecule has 1 saturated heterocycles. The van der Waals surface area contributed by atoms with Gasteiger partial charge in [-0.2, -0.15) is 0 Å². The van der Waals surface area contributed by atoms with Crippen LogP contribution in [0.3, 0.4) is 0 Å². The first-order valence-corrected chi connectivity index (χ1v) is 8.95. The molecule has 1 aliphatic heterocycles. The normalized spacial score (nSPS) is 14.3. The molecule has 4 rings (SSSR count). The van der Waals surface area contributed by atoms with E-state index in [-0.39, 0.29) is 18.2 Å². The molecule has 0 atom stereocenters. The van der Waals surface area contributed by atoms with Crippen LogP contribution in [0, 0.1) is 52.4 Å². The van der Waals surface area contributed by atoms with Crippen molar-refractivity contribution in [3.8, 4) is 0 Å². The standard InChI is InChI=1S/C18H6B3F9O3/c22-10-4-16(28)13(25)1-7(10)19-31-20(8-2-14(26)17(29)5-11(8)23)33-21(32-19)9-3-15(27)18(30)6-12(9)24/h1-6H. The van der Waals surface area contributed by atoms with Gasteiger partial charge in [0.2, 0.25) is 0 Å². The Balaban J connectivity index is 1.81. The van der Waals surface area contributed by atoms with E-state index in [2.05, 4.69) is 0 Å². The van der Waals surface area contributed by atoms with Crippen LogP contribution in [0.15, 0.2) is 36.4 Å². The van der Waals surface area contributed by atoms with Crippen LogP contribution < -0.4 is 16.4 Å². The predicted octanol–water partition coefficient (Wildman–Crippen LogP) is 2.49. The van der Waals surface area contributed by atoms with Gasteiger partial charge in [0.25, 0.3) is 0 Å². The fourth-order valence-electron chi connectivity index (χ4n) is 3.03. The average molecular weight is 474 g/mol. The van der Waals surface area contributed by atoms with Gasteiger partial charge in [-0.25, -0.2) is 39.5 Å². The molecule has 3 aromatic carbocycles. The van der Waals surface area contributed by atoms with E-state index in [0.717, 1.165) is 0 Å². The third-order valence-electron chi connectivity index (χ3n) is 4.62. The maximum Gasteiger partial charge on any atom is 0.470 e. The summed E-state index contributed by atoms with van der Waals surface area (Å²) in [6.45, 7) is 0. The van der Waals surface area contributed by atoms with Crippen LogP contribution in [-0.4, -0.2) is 21.4 Å². The highest BCUT2D eigenvalue weighted by Crippen LogP contribution is 2.17. The fraction of sp³-hybridized carbons (Fsp3) is 0. The maximum atomic E-state index is 14.3. The van der Waals surface area contributed by atoms with Gasteiger partial charge in [-0.05, 0) is 18.2 Å². The lowest BCUT2D eigenvalue weighted by atomic mass is 9.61. The Morgan fingerprint density at radius 2 is 0.545 bits per heavy atom. The van der Waals surface area contributed by atoms with Crippen molar-refractivity contribution in [1.82, 2.24) is 0 Å². The second-order valence-electron chi connectivity index (χ2n) is 6.77. The molecular formula is C18H6B3F9O3. The van der Waals surface area contributed by atoms with Gasteiger partial charge >= 0.3 is 21.4 Å². The quantitative estimate of drug-likeness (QED) is 0.332. The largest absolute Gasteiger partial charge is 0.470 e. The predicted molar refractivity (Wildman–Crippen MR) is 98.4 cm³/mol. The van der Waals surface area contributed by atoms with Crippen molar-refractivity contribution in [1.29, 1.82) is 0 Å². The van der Waals surface area contributed by atoms with E-state index in [1.54, 1.807) is 0 Å². The van der Waals surface area contributed by atoms with Gasteiger partial charge in [-0.3, -0.25) is 0 Å². The number of benzene rings is 3. The van der Waals surface area contributed by atoms with Crippen molar-refractivity contribution >= 4 is 37.7 Å². The molecule has 0 aromatic heterocycles. The minimum atomic E-state index is -2.07. The minimum absolute atomic E-state index is 0.132. The summed E-state index contributed by atoms with van der Waals surface area (Å²) in [6, 6.07) is 1.35. The molecule has 0 aliphatic carbocycles. The molecule has 15 heteroatoms. The lowest BCUT2D eigenvalue weighted by Crippen LogP contribution is -2.62. The van der Waals surface area contributed by atoms with Gasteiger partial charge in [0.05, 0.1) is 0 Å². The van der Waals surface area contributed by atoms with E-state index in [9.17, 15) is 39.5 Å². The van der Waals surface area contributed by atoms with Crippen molar-refractivity contribution in [3.05, 3.63) is 88.8 Å². The van der Waals surface area contributed by atoms with Crippen LogP contribution >= 0.6 is 0 Å².